The van der Waals surface area contributed by atoms with Crippen molar-refractivity contribution in [3.8, 4) is 0 Å². The van der Waals surface area contributed by atoms with E-state index >= 15 is 0 Å². The molecule has 0 saturated heterocycles. The van der Waals surface area contributed by atoms with Gasteiger partial charge in [-0.1, -0.05) is 53.0 Å². The Hall–Kier alpha value is -0.730. The first kappa shape index (κ1) is 14.7. The molecule has 2 aromatic rings. The number of halogens is 3. The van der Waals surface area contributed by atoms with E-state index < -0.39 is 0 Å². The summed E-state index contributed by atoms with van der Waals surface area (Å²) in [6.07, 6.45) is 0. The van der Waals surface area contributed by atoms with Crippen molar-refractivity contribution in [2.24, 2.45) is 0 Å². The Kier molecular flexibility index (Phi) is 5.12. The molecule has 19 heavy (non-hydrogen) atoms. The van der Waals surface area contributed by atoms with Crippen LogP contribution in [0.3, 0.4) is 0 Å². The van der Waals surface area contributed by atoms with Gasteiger partial charge in [-0.05, 0) is 42.3 Å². The first-order chi connectivity index (χ1) is 9.06. The predicted octanol–water partition coefficient (Wildman–Crippen LogP) is 5.50. The summed E-state index contributed by atoms with van der Waals surface area (Å²) in [4.78, 5) is 0. The highest BCUT2D eigenvalue weighted by molar-refractivity contribution is 6.42. The minimum Gasteiger partial charge on any atom is -0.306 e. The smallest absolute Gasteiger partial charge is 0.0595 e. The van der Waals surface area contributed by atoms with Crippen molar-refractivity contribution >= 4 is 34.8 Å². The van der Waals surface area contributed by atoms with Crippen LogP contribution in [0.25, 0.3) is 0 Å². The van der Waals surface area contributed by atoms with Crippen LogP contribution in [0.4, 0.5) is 0 Å². The van der Waals surface area contributed by atoms with E-state index in [0.29, 0.717) is 10.0 Å². The highest BCUT2D eigenvalue weighted by Crippen LogP contribution is 2.23. The van der Waals surface area contributed by atoms with Gasteiger partial charge in [-0.3, -0.25) is 0 Å². The number of hydrogen-bond donors (Lipinski definition) is 1. The second-order valence-electron chi connectivity index (χ2n) is 4.40. The Morgan fingerprint density at radius 1 is 0.947 bits per heavy atom. The Morgan fingerprint density at radius 2 is 1.63 bits per heavy atom. The molecule has 1 atom stereocenters. The highest BCUT2D eigenvalue weighted by atomic mass is 35.5. The number of benzene rings is 2. The van der Waals surface area contributed by atoms with Crippen LogP contribution in [0.2, 0.25) is 15.1 Å². The van der Waals surface area contributed by atoms with Gasteiger partial charge in [-0.2, -0.15) is 0 Å². The van der Waals surface area contributed by atoms with E-state index in [0.717, 1.165) is 17.1 Å². The number of nitrogens with one attached hydrogen (secondary N) is 1. The Balaban J connectivity index is 1.98. The number of rotatable bonds is 4. The van der Waals surface area contributed by atoms with Crippen molar-refractivity contribution in [2.45, 2.75) is 19.5 Å². The third-order valence-corrected chi connectivity index (χ3v) is 3.96. The van der Waals surface area contributed by atoms with E-state index in [1.165, 1.54) is 5.56 Å². The third-order valence-electron chi connectivity index (χ3n) is 2.97. The standard InChI is InChI=1S/C15H14Cl3N/c1-10(12-3-5-13(16)6-4-12)19-9-11-2-7-14(17)15(18)8-11/h2-8,10,19H,9H2,1H3/t10-/m1/s1. The van der Waals surface area contributed by atoms with Crippen molar-refractivity contribution in [3.63, 3.8) is 0 Å². The van der Waals surface area contributed by atoms with Crippen LogP contribution in [0.1, 0.15) is 24.1 Å². The molecule has 0 aliphatic carbocycles. The topological polar surface area (TPSA) is 12.0 Å². The maximum Gasteiger partial charge on any atom is 0.0595 e. The normalized spacial score (nSPS) is 12.4. The fourth-order valence-corrected chi connectivity index (χ4v) is 2.24. The predicted molar refractivity (Wildman–Crippen MR) is 83.2 cm³/mol. The van der Waals surface area contributed by atoms with E-state index in [2.05, 4.69) is 12.2 Å². The summed E-state index contributed by atoms with van der Waals surface area (Å²) in [7, 11) is 0. The molecular weight excluding hydrogens is 301 g/mol. The van der Waals surface area contributed by atoms with Gasteiger partial charge >= 0.3 is 0 Å². The van der Waals surface area contributed by atoms with Crippen LogP contribution in [-0.4, -0.2) is 0 Å². The second-order valence-corrected chi connectivity index (χ2v) is 5.65. The maximum absolute atomic E-state index is 5.99. The van der Waals surface area contributed by atoms with Crippen molar-refractivity contribution in [1.82, 2.24) is 5.32 Å². The first-order valence-electron chi connectivity index (χ1n) is 5.99. The summed E-state index contributed by atoms with van der Waals surface area (Å²) in [6, 6.07) is 13.7. The molecule has 0 bridgehead atoms. The van der Waals surface area contributed by atoms with Crippen molar-refractivity contribution in [2.75, 3.05) is 0 Å². The lowest BCUT2D eigenvalue weighted by atomic mass is 10.1. The molecule has 0 unspecified atom stereocenters. The fraction of sp³-hybridized carbons (Fsp3) is 0.200. The van der Waals surface area contributed by atoms with Crippen LogP contribution >= 0.6 is 34.8 Å². The summed E-state index contributed by atoms with van der Waals surface area (Å²) in [5, 5.41) is 5.35. The average molecular weight is 315 g/mol. The summed E-state index contributed by atoms with van der Waals surface area (Å²) >= 11 is 17.8. The van der Waals surface area contributed by atoms with Gasteiger partial charge in [0, 0.05) is 17.6 Å². The molecule has 0 radical (unpaired) electrons. The van der Waals surface area contributed by atoms with Crippen LogP contribution in [0.5, 0.6) is 0 Å². The third kappa shape index (κ3) is 4.12. The van der Waals surface area contributed by atoms with Gasteiger partial charge in [0.1, 0.15) is 0 Å². The molecule has 0 spiro atoms. The average Bonchev–Trinajstić information content (AvgIpc) is 2.40. The minimum atomic E-state index is 0.242. The van der Waals surface area contributed by atoms with E-state index in [4.69, 9.17) is 34.8 Å². The van der Waals surface area contributed by atoms with Crippen molar-refractivity contribution in [3.05, 3.63) is 68.7 Å². The van der Waals surface area contributed by atoms with Gasteiger partial charge in [-0.25, -0.2) is 0 Å². The monoisotopic (exact) mass is 313 g/mol. The van der Waals surface area contributed by atoms with E-state index in [9.17, 15) is 0 Å². The largest absolute Gasteiger partial charge is 0.306 e. The first-order valence-corrected chi connectivity index (χ1v) is 7.12. The lowest BCUT2D eigenvalue weighted by Crippen LogP contribution is -2.17. The maximum atomic E-state index is 5.99. The molecule has 0 aliphatic heterocycles. The zero-order valence-corrected chi connectivity index (χ0v) is 12.7. The van der Waals surface area contributed by atoms with Gasteiger partial charge < -0.3 is 5.32 Å². The van der Waals surface area contributed by atoms with Gasteiger partial charge in [0.05, 0.1) is 10.0 Å². The molecule has 0 aromatic heterocycles. The molecule has 0 amide bonds. The minimum absolute atomic E-state index is 0.242. The molecule has 2 rings (SSSR count). The lowest BCUT2D eigenvalue weighted by Gasteiger charge is -2.14. The number of hydrogen-bond acceptors (Lipinski definition) is 1. The zero-order chi connectivity index (χ0) is 13.8. The van der Waals surface area contributed by atoms with Gasteiger partial charge in [0.25, 0.3) is 0 Å². The molecule has 1 nitrogen and oxygen atoms in total. The molecular formula is C15H14Cl3N. The second kappa shape index (κ2) is 6.62. The SMILES string of the molecule is C[C@@H](NCc1ccc(Cl)c(Cl)c1)c1ccc(Cl)cc1. The summed E-state index contributed by atoms with van der Waals surface area (Å²) in [5.74, 6) is 0. The summed E-state index contributed by atoms with van der Waals surface area (Å²) < 4.78 is 0. The Bertz CT molecular complexity index is 552. The zero-order valence-electron chi connectivity index (χ0n) is 10.5. The molecule has 0 aliphatic rings. The lowest BCUT2D eigenvalue weighted by molar-refractivity contribution is 0.575. The van der Waals surface area contributed by atoms with Gasteiger partial charge in [0.15, 0.2) is 0 Å². The van der Waals surface area contributed by atoms with E-state index in [1.54, 1.807) is 0 Å². The van der Waals surface area contributed by atoms with Crippen molar-refractivity contribution < 1.29 is 0 Å². The van der Waals surface area contributed by atoms with Crippen LogP contribution in [0, 0.1) is 0 Å². The van der Waals surface area contributed by atoms with Crippen molar-refractivity contribution in [1.29, 1.82) is 0 Å². The molecule has 0 saturated carbocycles. The molecule has 2 aromatic carbocycles. The molecule has 0 fully saturated rings. The van der Waals surface area contributed by atoms with Crippen LogP contribution in [-0.2, 0) is 6.54 Å². The molecule has 100 valence electrons. The molecule has 4 heteroatoms. The van der Waals surface area contributed by atoms with Gasteiger partial charge in [-0.15, -0.1) is 0 Å². The highest BCUT2D eigenvalue weighted by Gasteiger charge is 2.05. The molecule has 1 N–H and O–H groups in total. The van der Waals surface area contributed by atoms with E-state index in [1.807, 2.05) is 42.5 Å². The Morgan fingerprint density at radius 3 is 2.26 bits per heavy atom. The van der Waals surface area contributed by atoms with Gasteiger partial charge in [0.2, 0.25) is 0 Å². The van der Waals surface area contributed by atoms with Crippen LogP contribution < -0.4 is 5.32 Å². The van der Waals surface area contributed by atoms with E-state index in [-0.39, 0.29) is 6.04 Å². The quantitative estimate of drug-likeness (QED) is 0.786. The van der Waals surface area contributed by atoms with Crippen LogP contribution in [0.15, 0.2) is 42.5 Å². The molecule has 0 heterocycles. The summed E-state index contributed by atoms with van der Waals surface area (Å²) in [5.41, 5.74) is 2.31. The summed E-state index contributed by atoms with van der Waals surface area (Å²) in [6.45, 7) is 2.85. The Labute approximate surface area is 128 Å². The fourth-order valence-electron chi connectivity index (χ4n) is 1.79.